The Labute approximate surface area is 176 Å². The van der Waals surface area contributed by atoms with Crippen LogP contribution < -0.4 is 10.7 Å². The SMILES string of the molecule is Cc1cc(=O)c(C(=O)NCCCc2ccc(O)cc2)nn1-c1ccccc1C(F)(F)F. The maximum atomic E-state index is 13.4. The van der Waals surface area contributed by atoms with Gasteiger partial charge in [0.1, 0.15) is 5.75 Å². The summed E-state index contributed by atoms with van der Waals surface area (Å²) in [4.78, 5) is 24.7. The summed E-state index contributed by atoms with van der Waals surface area (Å²) < 4.78 is 41.1. The van der Waals surface area contributed by atoms with Gasteiger partial charge in [0, 0.05) is 18.3 Å². The second-order valence-corrected chi connectivity index (χ2v) is 6.95. The number of aromatic hydroxyl groups is 1. The van der Waals surface area contributed by atoms with Crippen molar-refractivity contribution in [2.24, 2.45) is 0 Å². The third-order valence-corrected chi connectivity index (χ3v) is 4.62. The molecule has 1 heterocycles. The predicted octanol–water partition coefficient (Wildman–Crippen LogP) is 3.63. The number of carbonyl (C=O) groups excluding carboxylic acids is 1. The number of nitrogens with zero attached hydrogens (tertiary/aromatic N) is 2. The van der Waals surface area contributed by atoms with Gasteiger partial charge in [-0.2, -0.15) is 18.3 Å². The van der Waals surface area contributed by atoms with Crippen LogP contribution in [0.3, 0.4) is 0 Å². The minimum Gasteiger partial charge on any atom is -0.508 e. The number of hydrogen-bond acceptors (Lipinski definition) is 4. The Hall–Kier alpha value is -3.62. The first-order valence-electron chi connectivity index (χ1n) is 9.50. The summed E-state index contributed by atoms with van der Waals surface area (Å²) in [6, 6.07) is 12.6. The number of benzene rings is 2. The van der Waals surface area contributed by atoms with Crippen LogP contribution in [-0.2, 0) is 12.6 Å². The van der Waals surface area contributed by atoms with Crippen LogP contribution in [0.15, 0.2) is 59.4 Å². The first-order valence-corrected chi connectivity index (χ1v) is 9.50. The molecule has 0 saturated carbocycles. The van der Waals surface area contributed by atoms with E-state index in [0.29, 0.717) is 12.8 Å². The molecule has 6 nitrogen and oxygen atoms in total. The molecule has 0 spiro atoms. The van der Waals surface area contributed by atoms with E-state index in [1.54, 1.807) is 24.3 Å². The van der Waals surface area contributed by atoms with E-state index in [1.807, 2.05) is 0 Å². The molecule has 0 radical (unpaired) electrons. The fourth-order valence-corrected chi connectivity index (χ4v) is 3.09. The Morgan fingerprint density at radius 1 is 1.13 bits per heavy atom. The summed E-state index contributed by atoms with van der Waals surface area (Å²) in [5.41, 5.74) is -1.21. The van der Waals surface area contributed by atoms with Crippen LogP contribution in [0.25, 0.3) is 5.69 Å². The minimum atomic E-state index is -4.62. The van der Waals surface area contributed by atoms with E-state index in [9.17, 15) is 27.9 Å². The van der Waals surface area contributed by atoms with Crippen LogP contribution in [0.5, 0.6) is 5.75 Å². The smallest absolute Gasteiger partial charge is 0.418 e. The zero-order valence-corrected chi connectivity index (χ0v) is 16.6. The van der Waals surface area contributed by atoms with E-state index < -0.39 is 28.8 Å². The van der Waals surface area contributed by atoms with Gasteiger partial charge in [-0.3, -0.25) is 9.59 Å². The second kappa shape index (κ2) is 9.03. The molecule has 0 aliphatic heterocycles. The normalized spacial score (nSPS) is 11.4. The number of aryl methyl sites for hydroxylation is 2. The lowest BCUT2D eigenvalue weighted by atomic mass is 10.1. The van der Waals surface area contributed by atoms with Crippen molar-refractivity contribution in [3.63, 3.8) is 0 Å². The van der Waals surface area contributed by atoms with Crippen LogP contribution in [0.4, 0.5) is 13.2 Å². The molecule has 0 saturated heterocycles. The Morgan fingerprint density at radius 3 is 2.48 bits per heavy atom. The van der Waals surface area contributed by atoms with Crippen molar-refractivity contribution in [1.82, 2.24) is 15.1 Å². The van der Waals surface area contributed by atoms with Crippen molar-refractivity contribution < 1.29 is 23.1 Å². The van der Waals surface area contributed by atoms with Gasteiger partial charge in [-0.1, -0.05) is 24.3 Å². The summed E-state index contributed by atoms with van der Waals surface area (Å²) in [5.74, 6) is -0.597. The molecule has 0 atom stereocenters. The summed E-state index contributed by atoms with van der Waals surface area (Å²) in [5, 5.41) is 15.8. The van der Waals surface area contributed by atoms with Crippen LogP contribution in [0, 0.1) is 6.92 Å². The van der Waals surface area contributed by atoms with Crippen LogP contribution in [0.2, 0.25) is 0 Å². The second-order valence-electron chi connectivity index (χ2n) is 6.95. The number of nitrogens with one attached hydrogen (secondary N) is 1. The van der Waals surface area contributed by atoms with Crippen molar-refractivity contribution in [3.05, 3.63) is 87.3 Å². The molecule has 0 bridgehead atoms. The zero-order chi connectivity index (χ0) is 22.6. The van der Waals surface area contributed by atoms with Gasteiger partial charge < -0.3 is 10.4 Å². The predicted molar refractivity (Wildman–Crippen MR) is 108 cm³/mol. The number of aromatic nitrogens is 2. The molecule has 0 fully saturated rings. The number of phenolic OH excluding ortho intramolecular Hbond substituents is 1. The molecule has 0 unspecified atom stereocenters. The number of rotatable bonds is 6. The molecule has 1 aromatic heterocycles. The van der Waals surface area contributed by atoms with E-state index in [0.717, 1.165) is 22.4 Å². The van der Waals surface area contributed by atoms with Gasteiger partial charge in [-0.15, -0.1) is 0 Å². The van der Waals surface area contributed by atoms with Gasteiger partial charge >= 0.3 is 6.18 Å². The number of halogens is 3. The first-order chi connectivity index (χ1) is 14.7. The largest absolute Gasteiger partial charge is 0.508 e. The van der Waals surface area contributed by atoms with Crippen molar-refractivity contribution in [2.45, 2.75) is 25.9 Å². The molecule has 2 aromatic carbocycles. The number of amides is 1. The number of hydrogen-bond donors (Lipinski definition) is 2. The van der Waals surface area contributed by atoms with E-state index in [-0.39, 0.29) is 23.7 Å². The molecular formula is C22H20F3N3O3. The average Bonchev–Trinajstić information content (AvgIpc) is 2.72. The Balaban J connectivity index is 1.77. The standard InChI is InChI=1S/C22H20F3N3O3/c1-14-13-19(30)20(21(31)26-12-4-5-15-8-10-16(29)11-9-15)27-28(14)18-7-3-2-6-17(18)22(23,24)25/h2-3,6-11,13,29H,4-5,12H2,1H3,(H,26,31). The maximum absolute atomic E-state index is 13.4. The average molecular weight is 431 g/mol. The minimum absolute atomic E-state index is 0.158. The highest BCUT2D eigenvalue weighted by Crippen LogP contribution is 2.33. The summed E-state index contributed by atoms with van der Waals surface area (Å²) in [6.45, 7) is 1.69. The highest BCUT2D eigenvalue weighted by atomic mass is 19.4. The van der Waals surface area contributed by atoms with Crippen molar-refractivity contribution in [1.29, 1.82) is 0 Å². The lowest BCUT2D eigenvalue weighted by Crippen LogP contribution is -2.33. The van der Waals surface area contributed by atoms with E-state index in [2.05, 4.69) is 10.4 Å². The molecule has 0 aliphatic rings. The van der Waals surface area contributed by atoms with Gasteiger partial charge in [-0.25, -0.2) is 4.68 Å². The molecular weight excluding hydrogens is 411 g/mol. The fraction of sp³-hybridized carbons (Fsp3) is 0.227. The quantitative estimate of drug-likeness (QED) is 0.584. The van der Waals surface area contributed by atoms with E-state index in [1.165, 1.54) is 25.1 Å². The van der Waals surface area contributed by atoms with Gasteiger partial charge in [0.2, 0.25) is 5.43 Å². The zero-order valence-electron chi connectivity index (χ0n) is 16.6. The number of alkyl halides is 3. The molecule has 3 rings (SSSR count). The Kier molecular flexibility index (Phi) is 6.43. The molecule has 162 valence electrons. The summed E-state index contributed by atoms with van der Waals surface area (Å²) in [7, 11) is 0. The molecule has 2 N–H and O–H groups in total. The third-order valence-electron chi connectivity index (χ3n) is 4.62. The third kappa shape index (κ3) is 5.30. The Bertz CT molecular complexity index is 1140. The van der Waals surface area contributed by atoms with Gasteiger partial charge in [0.15, 0.2) is 5.69 Å². The van der Waals surface area contributed by atoms with E-state index >= 15 is 0 Å². The number of carbonyl (C=O) groups is 1. The molecule has 31 heavy (non-hydrogen) atoms. The fourth-order valence-electron chi connectivity index (χ4n) is 3.09. The Morgan fingerprint density at radius 2 is 1.81 bits per heavy atom. The molecule has 9 heteroatoms. The maximum Gasteiger partial charge on any atom is 0.418 e. The van der Waals surface area contributed by atoms with Gasteiger partial charge in [-0.05, 0) is 49.6 Å². The lowest BCUT2D eigenvalue weighted by Gasteiger charge is -2.16. The van der Waals surface area contributed by atoms with Gasteiger partial charge in [0.25, 0.3) is 5.91 Å². The molecule has 3 aromatic rings. The van der Waals surface area contributed by atoms with Crippen LogP contribution in [-0.4, -0.2) is 27.3 Å². The highest BCUT2D eigenvalue weighted by Gasteiger charge is 2.34. The topological polar surface area (TPSA) is 84.2 Å². The van der Waals surface area contributed by atoms with Crippen molar-refractivity contribution >= 4 is 5.91 Å². The monoisotopic (exact) mass is 431 g/mol. The molecule has 0 aliphatic carbocycles. The van der Waals surface area contributed by atoms with Crippen molar-refractivity contribution in [2.75, 3.05) is 6.54 Å². The molecule has 1 amide bonds. The number of para-hydroxylation sites is 1. The first kappa shape index (κ1) is 22.1. The summed E-state index contributed by atoms with van der Waals surface area (Å²) in [6.07, 6.45) is -3.43. The van der Waals surface area contributed by atoms with E-state index in [4.69, 9.17) is 0 Å². The lowest BCUT2D eigenvalue weighted by molar-refractivity contribution is -0.137. The summed E-state index contributed by atoms with van der Waals surface area (Å²) >= 11 is 0. The van der Waals surface area contributed by atoms with Crippen LogP contribution in [0.1, 0.15) is 33.7 Å². The van der Waals surface area contributed by atoms with Crippen molar-refractivity contribution in [3.8, 4) is 11.4 Å². The van der Waals surface area contributed by atoms with Crippen LogP contribution >= 0.6 is 0 Å². The number of phenols is 1. The highest BCUT2D eigenvalue weighted by molar-refractivity contribution is 5.92. The van der Waals surface area contributed by atoms with Gasteiger partial charge in [0.05, 0.1) is 11.3 Å².